The van der Waals surface area contributed by atoms with Crippen molar-refractivity contribution in [3.63, 3.8) is 0 Å². The van der Waals surface area contributed by atoms with Crippen LogP contribution in [0.3, 0.4) is 0 Å². The van der Waals surface area contributed by atoms with Gasteiger partial charge in [-0.05, 0) is 30.5 Å². The molecule has 0 N–H and O–H groups in total. The highest BCUT2D eigenvalue weighted by atomic mass is 79.9. The maximum atomic E-state index is 12.9. The lowest BCUT2D eigenvalue weighted by Gasteiger charge is -2.33. The first kappa shape index (κ1) is 17.2. The Morgan fingerprint density at radius 2 is 2.15 bits per heavy atom. The van der Waals surface area contributed by atoms with E-state index in [0.717, 1.165) is 10.9 Å². The van der Waals surface area contributed by atoms with Gasteiger partial charge >= 0.3 is 0 Å². The number of hydrogen-bond acceptors (Lipinski definition) is 3. The van der Waals surface area contributed by atoms with Gasteiger partial charge in [0.15, 0.2) is 11.3 Å². The quantitative estimate of drug-likeness (QED) is 0.602. The molecule has 1 atom stereocenters. The molecule has 2 aromatic heterocycles. The molecule has 3 heterocycles. The van der Waals surface area contributed by atoms with Crippen molar-refractivity contribution in [3.05, 3.63) is 69.6 Å². The number of halogens is 2. The summed E-state index contributed by atoms with van der Waals surface area (Å²) in [7, 11) is 0. The molecule has 1 amide bonds. The monoisotopic (exact) mass is 430 g/mol. The lowest BCUT2D eigenvalue weighted by Crippen LogP contribution is -2.41. The van der Waals surface area contributed by atoms with Crippen molar-refractivity contribution in [2.75, 3.05) is 6.54 Å². The van der Waals surface area contributed by atoms with Crippen LogP contribution in [0.5, 0.6) is 0 Å². The molecule has 0 saturated heterocycles. The zero-order valence-corrected chi connectivity index (χ0v) is 16.4. The lowest BCUT2D eigenvalue weighted by molar-refractivity contribution is 0.0705. The van der Waals surface area contributed by atoms with Crippen LogP contribution >= 0.6 is 27.5 Å². The van der Waals surface area contributed by atoms with Crippen LogP contribution in [-0.2, 0) is 0 Å². The molecule has 1 aromatic carbocycles. The number of aromatic nitrogens is 3. The van der Waals surface area contributed by atoms with Gasteiger partial charge in [-0.2, -0.15) is 5.10 Å². The second-order valence-electron chi connectivity index (χ2n) is 6.32. The molecule has 0 radical (unpaired) electrons. The number of nitrogens with zero attached hydrogens (tertiary/aromatic N) is 4. The Hall–Kier alpha value is -2.18. The molecular formula is C19H16BrClN4O. The number of carbonyl (C=O) groups is 1. The molecule has 3 aromatic rings. The molecule has 1 aliphatic heterocycles. The van der Waals surface area contributed by atoms with Gasteiger partial charge in [0.05, 0.1) is 11.2 Å². The maximum absolute atomic E-state index is 12.9. The van der Waals surface area contributed by atoms with Gasteiger partial charge < -0.3 is 4.90 Å². The summed E-state index contributed by atoms with van der Waals surface area (Å²) in [5.41, 5.74) is 3.41. The number of rotatable bonds is 2. The summed E-state index contributed by atoms with van der Waals surface area (Å²) in [6, 6.07) is 9.93. The fraction of sp³-hybridized carbons (Fsp3) is 0.211. The minimum Gasteiger partial charge on any atom is -0.330 e. The Labute approximate surface area is 164 Å². The van der Waals surface area contributed by atoms with Gasteiger partial charge in [-0.3, -0.25) is 4.79 Å². The Bertz CT molecular complexity index is 1030. The number of amides is 1. The van der Waals surface area contributed by atoms with Crippen molar-refractivity contribution in [1.82, 2.24) is 19.5 Å². The average Bonchev–Trinajstić information content (AvgIpc) is 3.04. The van der Waals surface area contributed by atoms with Crippen LogP contribution in [0.4, 0.5) is 0 Å². The molecule has 1 unspecified atom stereocenters. The second-order valence-corrected chi connectivity index (χ2v) is 7.62. The molecule has 7 heteroatoms. The Balaban J connectivity index is 1.60. The molecule has 4 rings (SSSR count). The highest BCUT2D eigenvalue weighted by Crippen LogP contribution is 2.31. The summed E-state index contributed by atoms with van der Waals surface area (Å²) in [6.07, 6.45) is 6.10. The maximum Gasteiger partial charge on any atom is 0.274 e. The highest BCUT2D eigenvalue weighted by Gasteiger charge is 2.27. The van der Waals surface area contributed by atoms with E-state index in [9.17, 15) is 4.79 Å². The summed E-state index contributed by atoms with van der Waals surface area (Å²) in [4.78, 5) is 19.0. The molecule has 0 aliphatic carbocycles. The topological polar surface area (TPSA) is 50.5 Å². The molecule has 1 aliphatic rings. The summed E-state index contributed by atoms with van der Waals surface area (Å²) in [6.45, 7) is 2.62. The standard InChI is InChI=1S/C19H16BrClN4O/c1-12-8-13(15-4-2-3-5-16(15)20)6-7-24(12)19(26)17-9-18-22-10-14(21)11-25(18)23-17/h2-6,9-12H,7-8H2,1H3. The van der Waals surface area contributed by atoms with Crippen LogP contribution in [0.1, 0.15) is 29.4 Å². The van der Waals surface area contributed by atoms with Crippen molar-refractivity contribution < 1.29 is 4.79 Å². The minimum atomic E-state index is -0.0958. The van der Waals surface area contributed by atoms with E-state index in [1.54, 1.807) is 18.5 Å². The number of hydrogen-bond donors (Lipinski definition) is 0. The summed E-state index contributed by atoms with van der Waals surface area (Å²) < 4.78 is 2.61. The van der Waals surface area contributed by atoms with Crippen molar-refractivity contribution in [2.24, 2.45) is 0 Å². The zero-order chi connectivity index (χ0) is 18.3. The predicted molar refractivity (Wildman–Crippen MR) is 105 cm³/mol. The molecule has 0 saturated carbocycles. The van der Waals surface area contributed by atoms with Gasteiger partial charge in [-0.25, -0.2) is 9.50 Å². The fourth-order valence-corrected chi connectivity index (χ4v) is 3.91. The van der Waals surface area contributed by atoms with Gasteiger partial charge in [0.25, 0.3) is 5.91 Å². The molecule has 132 valence electrons. The van der Waals surface area contributed by atoms with E-state index in [-0.39, 0.29) is 11.9 Å². The minimum absolute atomic E-state index is 0.0796. The number of benzene rings is 1. The van der Waals surface area contributed by atoms with E-state index < -0.39 is 0 Å². The lowest BCUT2D eigenvalue weighted by atomic mass is 9.94. The van der Waals surface area contributed by atoms with Gasteiger partial charge in [0, 0.05) is 29.3 Å². The zero-order valence-electron chi connectivity index (χ0n) is 14.1. The van der Waals surface area contributed by atoms with Gasteiger partial charge in [-0.15, -0.1) is 0 Å². The Morgan fingerprint density at radius 3 is 2.92 bits per heavy atom. The summed E-state index contributed by atoms with van der Waals surface area (Å²) in [5.74, 6) is -0.0958. The van der Waals surface area contributed by atoms with E-state index in [0.29, 0.717) is 22.9 Å². The fourth-order valence-electron chi connectivity index (χ4n) is 3.23. The normalized spacial score (nSPS) is 17.4. The first-order valence-electron chi connectivity index (χ1n) is 8.29. The molecule has 26 heavy (non-hydrogen) atoms. The SMILES string of the molecule is CC1CC(c2ccccc2Br)=CCN1C(=O)c1cc2ncc(Cl)cn2n1. The van der Waals surface area contributed by atoms with Crippen LogP contribution < -0.4 is 0 Å². The van der Waals surface area contributed by atoms with Crippen molar-refractivity contribution in [1.29, 1.82) is 0 Å². The molecular weight excluding hydrogens is 416 g/mol. The summed E-state index contributed by atoms with van der Waals surface area (Å²) >= 11 is 9.54. The predicted octanol–water partition coefficient (Wildman–Crippen LogP) is 4.46. The van der Waals surface area contributed by atoms with Crippen LogP contribution in [0.25, 0.3) is 11.2 Å². The Morgan fingerprint density at radius 1 is 1.35 bits per heavy atom. The molecule has 0 fully saturated rings. The average molecular weight is 432 g/mol. The first-order chi connectivity index (χ1) is 12.5. The largest absolute Gasteiger partial charge is 0.330 e. The smallest absolute Gasteiger partial charge is 0.274 e. The highest BCUT2D eigenvalue weighted by molar-refractivity contribution is 9.10. The second kappa shape index (κ2) is 6.85. The third kappa shape index (κ3) is 3.15. The van der Waals surface area contributed by atoms with Crippen molar-refractivity contribution >= 4 is 44.7 Å². The van der Waals surface area contributed by atoms with Gasteiger partial charge in [0.1, 0.15) is 0 Å². The van der Waals surface area contributed by atoms with Crippen molar-refractivity contribution in [3.8, 4) is 0 Å². The number of carbonyl (C=O) groups excluding carboxylic acids is 1. The third-order valence-corrected chi connectivity index (χ3v) is 5.45. The van der Waals surface area contributed by atoms with Gasteiger partial charge in [-0.1, -0.05) is 51.8 Å². The van der Waals surface area contributed by atoms with Crippen LogP contribution in [-0.4, -0.2) is 38.0 Å². The van der Waals surface area contributed by atoms with E-state index >= 15 is 0 Å². The van der Waals surface area contributed by atoms with Crippen LogP contribution in [0.2, 0.25) is 5.02 Å². The van der Waals surface area contributed by atoms with Crippen molar-refractivity contribution in [2.45, 2.75) is 19.4 Å². The van der Waals surface area contributed by atoms with E-state index in [1.165, 1.54) is 15.7 Å². The van der Waals surface area contributed by atoms with Crippen LogP contribution in [0.15, 0.2) is 53.3 Å². The van der Waals surface area contributed by atoms with Gasteiger partial charge in [0.2, 0.25) is 0 Å². The summed E-state index contributed by atoms with van der Waals surface area (Å²) in [5, 5.41) is 4.80. The van der Waals surface area contributed by atoms with E-state index in [2.05, 4.69) is 45.1 Å². The number of fused-ring (bicyclic) bond motifs is 1. The molecule has 0 bridgehead atoms. The van der Waals surface area contributed by atoms with E-state index in [4.69, 9.17) is 11.6 Å². The first-order valence-corrected chi connectivity index (χ1v) is 9.46. The molecule has 0 spiro atoms. The Kier molecular flexibility index (Phi) is 4.54. The van der Waals surface area contributed by atoms with E-state index in [1.807, 2.05) is 23.1 Å². The third-order valence-electron chi connectivity index (χ3n) is 4.56. The molecule has 5 nitrogen and oxygen atoms in total. The van der Waals surface area contributed by atoms with Crippen LogP contribution in [0, 0.1) is 0 Å².